The fourth-order valence-electron chi connectivity index (χ4n) is 4.41. The summed E-state index contributed by atoms with van der Waals surface area (Å²) in [7, 11) is -0.874. The molecule has 1 fully saturated rings. The number of nitrogens with zero attached hydrogens (tertiary/aromatic N) is 1. The molecule has 1 heterocycles. The number of unbranched alkanes of at least 4 members (excludes halogenated alkanes) is 5. The topological polar surface area (TPSA) is 29.3 Å². The Morgan fingerprint density at radius 3 is 2.37 bits per heavy atom. The van der Waals surface area contributed by atoms with E-state index in [1.54, 1.807) is 5.57 Å². The van der Waals surface area contributed by atoms with Crippen molar-refractivity contribution in [1.29, 1.82) is 0 Å². The number of rotatable bonds is 14. The van der Waals surface area contributed by atoms with Gasteiger partial charge in [0, 0.05) is 46.0 Å². The van der Waals surface area contributed by atoms with Gasteiger partial charge in [-0.1, -0.05) is 71.1 Å². The highest BCUT2D eigenvalue weighted by Crippen LogP contribution is 2.52. The maximum absolute atomic E-state index is 6.63. The van der Waals surface area contributed by atoms with Crippen LogP contribution in [0.2, 0.25) is 0 Å². The van der Waals surface area contributed by atoms with Gasteiger partial charge in [-0.3, -0.25) is 0 Å². The highest BCUT2D eigenvalue weighted by molar-refractivity contribution is 7.73. The van der Waals surface area contributed by atoms with Crippen molar-refractivity contribution in [2.45, 2.75) is 84.1 Å². The van der Waals surface area contributed by atoms with Crippen LogP contribution in [0.4, 0.5) is 0 Å². The van der Waals surface area contributed by atoms with Crippen molar-refractivity contribution in [3.05, 3.63) is 23.9 Å². The third-order valence-corrected chi connectivity index (χ3v) is 7.45. The van der Waals surface area contributed by atoms with Crippen LogP contribution in [0.5, 0.6) is 0 Å². The van der Waals surface area contributed by atoms with E-state index in [4.69, 9.17) is 5.73 Å². The van der Waals surface area contributed by atoms with Crippen molar-refractivity contribution < 1.29 is 0 Å². The van der Waals surface area contributed by atoms with Crippen LogP contribution < -0.4 is 5.73 Å². The summed E-state index contributed by atoms with van der Waals surface area (Å²) in [5.41, 5.74) is 9.36. The Kier molecular flexibility index (Phi) is 10.6. The van der Waals surface area contributed by atoms with E-state index >= 15 is 0 Å². The Bertz CT molecular complexity index is 477. The molecule has 0 radical (unpaired) electrons. The molecule has 1 aliphatic rings. The first kappa shape index (κ1) is 24.7. The van der Waals surface area contributed by atoms with E-state index in [0.29, 0.717) is 5.92 Å². The molecule has 0 aliphatic carbocycles. The zero-order valence-electron chi connectivity index (χ0n) is 19.3. The molecule has 2 atom stereocenters. The van der Waals surface area contributed by atoms with Crippen LogP contribution in [0.1, 0.15) is 78.6 Å². The standard InChI is InChI=1S/C24H48N2P/c1-8-10-11-12-13-14-16-23(15-9-2)21(3)17-18-26-19-24(25,22(26)4)20-27(5,6)7/h15,21H,4,8-14,16-20,25H2,1-3,5-7H3/q+1/b23-15-. The lowest BCUT2D eigenvalue weighted by Gasteiger charge is -2.51. The Labute approximate surface area is 171 Å². The molecular weight excluding hydrogens is 347 g/mol. The number of nitrogens with two attached hydrogens (primary N) is 1. The average molecular weight is 396 g/mol. The van der Waals surface area contributed by atoms with Crippen LogP contribution in [0.25, 0.3) is 0 Å². The summed E-state index contributed by atoms with van der Waals surface area (Å²) in [6.07, 6.45) is 15.6. The monoisotopic (exact) mass is 395 g/mol. The maximum atomic E-state index is 6.63. The second-order valence-corrected chi connectivity index (χ2v) is 14.8. The van der Waals surface area contributed by atoms with E-state index in [-0.39, 0.29) is 5.54 Å². The van der Waals surface area contributed by atoms with Gasteiger partial charge in [-0.2, -0.15) is 0 Å². The zero-order chi connectivity index (χ0) is 20.5. The molecular formula is C24H48N2P+. The van der Waals surface area contributed by atoms with Gasteiger partial charge in [-0.25, -0.2) is 0 Å². The van der Waals surface area contributed by atoms with Crippen LogP contribution >= 0.6 is 7.26 Å². The second kappa shape index (κ2) is 11.6. The van der Waals surface area contributed by atoms with Crippen molar-refractivity contribution in [1.82, 2.24) is 4.90 Å². The van der Waals surface area contributed by atoms with E-state index in [0.717, 1.165) is 25.7 Å². The van der Waals surface area contributed by atoms with E-state index in [1.807, 2.05) is 0 Å². The Morgan fingerprint density at radius 2 is 1.81 bits per heavy atom. The van der Waals surface area contributed by atoms with Gasteiger partial charge in [0.2, 0.25) is 0 Å². The Balaban J connectivity index is 2.37. The molecule has 2 N–H and O–H groups in total. The van der Waals surface area contributed by atoms with Gasteiger partial charge in [-0.05, 0) is 31.6 Å². The second-order valence-electron chi connectivity index (χ2n) is 9.87. The first-order valence-corrected chi connectivity index (χ1v) is 14.7. The molecule has 0 bridgehead atoms. The normalized spacial score (nSPS) is 22.1. The Morgan fingerprint density at radius 1 is 1.19 bits per heavy atom. The molecule has 158 valence electrons. The van der Waals surface area contributed by atoms with Crippen molar-refractivity contribution in [3.63, 3.8) is 0 Å². The van der Waals surface area contributed by atoms with Gasteiger partial charge in [0.05, 0.1) is 6.16 Å². The molecule has 0 amide bonds. The smallest absolute Gasteiger partial charge is 0.107 e. The number of likely N-dealkylation sites (tertiary alicyclic amines) is 1. The predicted molar refractivity (Wildman–Crippen MR) is 127 cm³/mol. The molecule has 2 unspecified atom stereocenters. The summed E-state index contributed by atoms with van der Waals surface area (Å²) in [6, 6.07) is 0. The zero-order valence-corrected chi connectivity index (χ0v) is 20.2. The van der Waals surface area contributed by atoms with Crippen LogP contribution in [-0.4, -0.2) is 49.7 Å². The van der Waals surface area contributed by atoms with E-state index in [9.17, 15) is 0 Å². The van der Waals surface area contributed by atoms with E-state index in [2.05, 4.69) is 58.3 Å². The third kappa shape index (κ3) is 8.70. The molecule has 2 nitrogen and oxygen atoms in total. The summed E-state index contributed by atoms with van der Waals surface area (Å²) in [5.74, 6) is 0.677. The lowest BCUT2D eigenvalue weighted by atomic mass is 9.86. The average Bonchev–Trinajstić information content (AvgIpc) is 2.58. The summed E-state index contributed by atoms with van der Waals surface area (Å²) in [6.45, 7) is 20.5. The SMILES string of the molecule is C=C1N(CCC(C)/C(=C\CC)CCCCCCCC)CC1(N)C[P+](C)(C)C. The van der Waals surface area contributed by atoms with Gasteiger partial charge in [0.15, 0.2) is 0 Å². The lowest BCUT2D eigenvalue weighted by Crippen LogP contribution is -2.66. The van der Waals surface area contributed by atoms with Crippen LogP contribution in [-0.2, 0) is 0 Å². The predicted octanol–water partition coefficient (Wildman–Crippen LogP) is 6.53. The van der Waals surface area contributed by atoms with Crippen molar-refractivity contribution >= 4 is 7.26 Å². The molecule has 0 aromatic rings. The molecule has 27 heavy (non-hydrogen) atoms. The van der Waals surface area contributed by atoms with E-state index < -0.39 is 7.26 Å². The number of hydrogen-bond acceptors (Lipinski definition) is 2. The molecule has 1 saturated heterocycles. The first-order chi connectivity index (χ1) is 12.6. The van der Waals surface area contributed by atoms with Crippen LogP contribution in [0, 0.1) is 5.92 Å². The molecule has 0 aromatic heterocycles. The van der Waals surface area contributed by atoms with Gasteiger partial charge in [0.1, 0.15) is 5.54 Å². The fraction of sp³-hybridized carbons (Fsp3) is 0.833. The summed E-state index contributed by atoms with van der Waals surface area (Å²) in [5, 5.41) is 0. The minimum atomic E-state index is -0.874. The molecule has 3 heteroatoms. The van der Waals surface area contributed by atoms with Gasteiger partial charge in [0.25, 0.3) is 0 Å². The number of allylic oxidation sites excluding steroid dienone is 2. The highest BCUT2D eigenvalue weighted by atomic mass is 31.2. The summed E-state index contributed by atoms with van der Waals surface area (Å²) >= 11 is 0. The first-order valence-electron chi connectivity index (χ1n) is 11.4. The largest absolute Gasteiger partial charge is 0.371 e. The lowest BCUT2D eigenvalue weighted by molar-refractivity contribution is 0.156. The minimum absolute atomic E-state index is 0.129. The van der Waals surface area contributed by atoms with Crippen molar-refractivity contribution in [3.8, 4) is 0 Å². The van der Waals surface area contributed by atoms with Gasteiger partial charge >= 0.3 is 0 Å². The molecule has 1 rings (SSSR count). The molecule has 0 aromatic carbocycles. The summed E-state index contributed by atoms with van der Waals surface area (Å²) < 4.78 is 0. The van der Waals surface area contributed by atoms with Crippen LogP contribution in [0.15, 0.2) is 23.9 Å². The quantitative estimate of drug-likeness (QED) is 0.206. The van der Waals surface area contributed by atoms with Crippen molar-refractivity contribution in [2.75, 3.05) is 39.2 Å². The van der Waals surface area contributed by atoms with Gasteiger partial charge in [-0.15, -0.1) is 0 Å². The number of hydrogen-bond donors (Lipinski definition) is 1. The fourth-order valence-corrected chi connectivity index (χ4v) is 6.38. The molecule has 0 spiro atoms. The third-order valence-electron chi connectivity index (χ3n) is 5.94. The highest BCUT2D eigenvalue weighted by Gasteiger charge is 2.48. The summed E-state index contributed by atoms with van der Waals surface area (Å²) in [4.78, 5) is 2.43. The minimum Gasteiger partial charge on any atom is -0.371 e. The Hall–Kier alpha value is -0.330. The van der Waals surface area contributed by atoms with E-state index in [1.165, 1.54) is 57.1 Å². The van der Waals surface area contributed by atoms with Crippen molar-refractivity contribution in [2.24, 2.45) is 11.7 Å². The molecule has 1 aliphatic heterocycles. The van der Waals surface area contributed by atoms with Crippen LogP contribution in [0.3, 0.4) is 0 Å². The maximum Gasteiger partial charge on any atom is 0.107 e. The van der Waals surface area contributed by atoms with Gasteiger partial charge < -0.3 is 10.6 Å². The molecule has 0 saturated carbocycles.